The van der Waals surface area contributed by atoms with E-state index in [2.05, 4.69) is 9.88 Å². The molecular formula is C23H34F2N4O3. The number of aromatic nitrogens is 1. The highest BCUT2D eigenvalue weighted by molar-refractivity contribution is 5.79. The number of rotatable bonds is 8. The van der Waals surface area contributed by atoms with Crippen molar-refractivity contribution < 1.29 is 22.8 Å². The molecule has 1 unspecified atom stereocenters. The average molecular weight is 453 g/mol. The third kappa shape index (κ3) is 5.85. The van der Waals surface area contributed by atoms with Crippen LogP contribution in [-0.4, -0.2) is 77.3 Å². The van der Waals surface area contributed by atoms with E-state index < -0.39 is 12.3 Å². The molecule has 7 nitrogen and oxygen atoms in total. The molecule has 1 atom stereocenters. The summed E-state index contributed by atoms with van der Waals surface area (Å²) in [7, 11) is 0. The second-order valence-corrected chi connectivity index (χ2v) is 9.46. The van der Waals surface area contributed by atoms with Crippen molar-refractivity contribution in [3.8, 4) is 0 Å². The van der Waals surface area contributed by atoms with E-state index in [9.17, 15) is 18.4 Å². The van der Waals surface area contributed by atoms with Crippen molar-refractivity contribution in [2.45, 2.75) is 57.8 Å². The molecule has 0 aliphatic carbocycles. The number of amides is 2. The fraction of sp³-hybridized carbons (Fsp3) is 0.783. The van der Waals surface area contributed by atoms with Gasteiger partial charge in [-0.15, -0.1) is 0 Å². The quantitative estimate of drug-likeness (QED) is 0.606. The van der Waals surface area contributed by atoms with Crippen LogP contribution in [0.15, 0.2) is 10.7 Å². The Kier molecular flexibility index (Phi) is 7.75. The summed E-state index contributed by atoms with van der Waals surface area (Å²) >= 11 is 0. The van der Waals surface area contributed by atoms with Crippen molar-refractivity contribution in [3.05, 3.63) is 17.8 Å². The molecule has 3 aliphatic heterocycles. The molecule has 9 heteroatoms. The lowest BCUT2D eigenvalue weighted by atomic mass is 9.80. The van der Waals surface area contributed by atoms with Gasteiger partial charge in [-0.05, 0) is 63.6 Å². The van der Waals surface area contributed by atoms with E-state index >= 15 is 0 Å². The number of halogens is 2. The lowest BCUT2D eigenvalue weighted by molar-refractivity contribution is -0.141. The predicted octanol–water partition coefficient (Wildman–Crippen LogP) is 3.12. The highest BCUT2D eigenvalue weighted by atomic mass is 19.3. The number of carbonyl (C=O) groups is 2. The van der Waals surface area contributed by atoms with Crippen LogP contribution in [0.25, 0.3) is 0 Å². The van der Waals surface area contributed by atoms with Crippen molar-refractivity contribution in [1.29, 1.82) is 0 Å². The first kappa shape index (κ1) is 23.1. The molecule has 0 radical (unpaired) electrons. The van der Waals surface area contributed by atoms with Crippen molar-refractivity contribution >= 4 is 11.8 Å². The number of carbonyl (C=O) groups excluding carboxylic acids is 2. The minimum absolute atomic E-state index is 0.0186. The maximum Gasteiger partial charge on any atom is 0.313 e. The monoisotopic (exact) mass is 452 g/mol. The Labute approximate surface area is 188 Å². The van der Waals surface area contributed by atoms with E-state index in [1.807, 2.05) is 4.90 Å². The summed E-state index contributed by atoms with van der Waals surface area (Å²) in [5.74, 6) is 0.335. The third-order valence-corrected chi connectivity index (χ3v) is 7.14. The maximum absolute atomic E-state index is 12.7. The summed E-state index contributed by atoms with van der Waals surface area (Å²) < 4.78 is 29.8. The molecule has 0 bridgehead atoms. The Morgan fingerprint density at radius 2 is 1.75 bits per heavy atom. The molecule has 3 aliphatic rings. The maximum atomic E-state index is 12.7. The summed E-state index contributed by atoms with van der Waals surface area (Å²) in [6.45, 7) is 6.32. The lowest BCUT2D eigenvalue weighted by Crippen LogP contribution is -2.56. The molecule has 1 aromatic rings. The number of oxazole rings is 1. The van der Waals surface area contributed by atoms with Crippen LogP contribution >= 0.6 is 0 Å². The van der Waals surface area contributed by atoms with E-state index in [0.717, 1.165) is 45.2 Å². The van der Waals surface area contributed by atoms with Gasteiger partial charge in [0.05, 0.1) is 12.1 Å². The van der Waals surface area contributed by atoms with Crippen molar-refractivity contribution in [3.63, 3.8) is 0 Å². The minimum atomic E-state index is -2.77. The standard InChI is InChI=1S/C23H34F2N4O3/c24-22(25)23-26-19(16-32-23)12-21(31)29-14-18(15-29)17-6-4-11-28(13-17)20(30)7-5-10-27-8-2-1-3-9-27/h16-18,22H,1-15H2. The third-order valence-electron chi connectivity index (χ3n) is 7.14. The van der Waals surface area contributed by atoms with Crippen LogP contribution < -0.4 is 0 Å². The highest BCUT2D eigenvalue weighted by Crippen LogP contribution is 2.31. The molecule has 4 rings (SSSR count). The number of nitrogens with zero attached hydrogens (tertiary/aromatic N) is 4. The van der Waals surface area contributed by atoms with Gasteiger partial charge >= 0.3 is 6.43 Å². The second kappa shape index (κ2) is 10.7. The van der Waals surface area contributed by atoms with E-state index in [4.69, 9.17) is 4.42 Å². The van der Waals surface area contributed by atoms with Crippen LogP contribution in [0.3, 0.4) is 0 Å². The predicted molar refractivity (Wildman–Crippen MR) is 114 cm³/mol. The zero-order valence-electron chi connectivity index (χ0n) is 18.7. The van der Waals surface area contributed by atoms with E-state index in [1.165, 1.54) is 32.4 Å². The molecule has 4 heterocycles. The summed E-state index contributed by atoms with van der Waals surface area (Å²) in [5, 5.41) is 0. The highest BCUT2D eigenvalue weighted by Gasteiger charge is 2.38. The van der Waals surface area contributed by atoms with Gasteiger partial charge in [0.2, 0.25) is 11.8 Å². The van der Waals surface area contributed by atoms with Crippen molar-refractivity contribution in [2.24, 2.45) is 11.8 Å². The van der Waals surface area contributed by atoms with Gasteiger partial charge in [0.1, 0.15) is 6.26 Å². The number of alkyl halides is 2. The van der Waals surface area contributed by atoms with E-state index in [-0.39, 0.29) is 23.9 Å². The summed E-state index contributed by atoms with van der Waals surface area (Å²) in [5.41, 5.74) is 0.243. The molecule has 0 N–H and O–H groups in total. The molecule has 32 heavy (non-hydrogen) atoms. The van der Waals surface area contributed by atoms with Crippen molar-refractivity contribution in [1.82, 2.24) is 19.7 Å². The zero-order valence-corrected chi connectivity index (χ0v) is 18.7. The molecule has 3 saturated heterocycles. The van der Waals surface area contributed by atoms with Crippen molar-refractivity contribution in [2.75, 3.05) is 45.8 Å². The van der Waals surface area contributed by atoms with Gasteiger partial charge in [-0.3, -0.25) is 9.59 Å². The average Bonchev–Trinajstić information content (AvgIpc) is 3.22. The molecule has 0 aromatic carbocycles. The Balaban J connectivity index is 1.16. The van der Waals surface area contributed by atoms with Crippen LogP contribution in [-0.2, 0) is 16.0 Å². The first-order chi connectivity index (χ1) is 15.5. The fourth-order valence-electron chi connectivity index (χ4n) is 5.20. The van der Waals surface area contributed by atoms with Gasteiger partial charge in [-0.25, -0.2) is 4.98 Å². The molecule has 178 valence electrons. The number of hydrogen-bond acceptors (Lipinski definition) is 5. The zero-order chi connectivity index (χ0) is 22.5. The number of likely N-dealkylation sites (tertiary alicyclic amines) is 3. The van der Waals surface area contributed by atoms with Gasteiger partial charge in [-0.2, -0.15) is 8.78 Å². The van der Waals surface area contributed by atoms with E-state index in [0.29, 0.717) is 31.3 Å². The smallest absolute Gasteiger partial charge is 0.313 e. The van der Waals surface area contributed by atoms with Gasteiger partial charge in [0, 0.05) is 32.6 Å². The van der Waals surface area contributed by atoms with Crippen LogP contribution in [0, 0.1) is 11.8 Å². The molecule has 0 spiro atoms. The second-order valence-electron chi connectivity index (χ2n) is 9.46. The molecule has 1 aromatic heterocycles. The SMILES string of the molecule is O=C(CCCN1CCCCC1)N1CCCC(C2CN(C(=O)Cc3coc(C(F)F)n3)C2)C1. The van der Waals surface area contributed by atoms with Gasteiger partial charge < -0.3 is 19.1 Å². The van der Waals surface area contributed by atoms with Crippen LogP contribution in [0.1, 0.15) is 63.0 Å². The van der Waals surface area contributed by atoms with Crippen LogP contribution in [0.4, 0.5) is 8.78 Å². The Morgan fingerprint density at radius 3 is 2.47 bits per heavy atom. The summed E-state index contributed by atoms with van der Waals surface area (Å²) in [4.78, 5) is 35.0. The first-order valence-electron chi connectivity index (χ1n) is 12.0. The molecule has 3 fully saturated rings. The summed E-state index contributed by atoms with van der Waals surface area (Å²) in [6, 6.07) is 0. The Morgan fingerprint density at radius 1 is 1.00 bits per heavy atom. The largest absolute Gasteiger partial charge is 0.444 e. The minimum Gasteiger partial charge on any atom is -0.444 e. The van der Waals surface area contributed by atoms with E-state index in [1.54, 1.807) is 4.90 Å². The number of piperidine rings is 2. The first-order valence-corrected chi connectivity index (χ1v) is 12.0. The Bertz CT molecular complexity index is 775. The fourth-order valence-corrected chi connectivity index (χ4v) is 5.20. The van der Waals surface area contributed by atoms with Gasteiger partial charge in [-0.1, -0.05) is 6.42 Å². The molecular weight excluding hydrogens is 418 g/mol. The lowest BCUT2D eigenvalue weighted by Gasteiger charge is -2.46. The normalized spacial score (nSPS) is 22.9. The van der Waals surface area contributed by atoms with Gasteiger partial charge in [0.25, 0.3) is 5.89 Å². The molecule has 2 amide bonds. The Hall–Kier alpha value is -2.03. The van der Waals surface area contributed by atoms with Crippen LogP contribution in [0.2, 0.25) is 0 Å². The molecule has 0 saturated carbocycles. The topological polar surface area (TPSA) is 69.9 Å². The number of hydrogen-bond donors (Lipinski definition) is 0. The summed E-state index contributed by atoms with van der Waals surface area (Å²) in [6.07, 6.45) is 5.88. The van der Waals surface area contributed by atoms with Gasteiger partial charge in [0.15, 0.2) is 0 Å². The van der Waals surface area contributed by atoms with Crippen LogP contribution in [0.5, 0.6) is 0 Å².